The number of nitrogens with one attached hydrogen (secondary N) is 1. The zero-order chi connectivity index (χ0) is 26.8. The van der Waals surface area contributed by atoms with Crippen LogP contribution in [0.5, 0.6) is 0 Å². The maximum Gasteiger partial charge on any atom is 0.260 e. The number of fused-ring (bicyclic) bond motifs is 2. The highest BCUT2D eigenvalue weighted by Gasteiger charge is 2.38. The maximum atomic E-state index is 13.4. The van der Waals surface area contributed by atoms with E-state index in [2.05, 4.69) is 41.8 Å². The lowest BCUT2D eigenvalue weighted by Crippen LogP contribution is -2.51. The third-order valence-electron chi connectivity index (χ3n) is 7.79. The van der Waals surface area contributed by atoms with Gasteiger partial charge in [0, 0.05) is 48.6 Å². The van der Waals surface area contributed by atoms with Gasteiger partial charge in [-0.15, -0.1) is 0 Å². The molecule has 1 N–H and O–H groups in total. The van der Waals surface area contributed by atoms with Gasteiger partial charge in [-0.3, -0.25) is 9.78 Å². The van der Waals surface area contributed by atoms with Crippen molar-refractivity contribution in [3.63, 3.8) is 0 Å². The summed E-state index contributed by atoms with van der Waals surface area (Å²) in [7, 11) is 0. The molecule has 0 unspecified atom stereocenters. The van der Waals surface area contributed by atoms with E-state index in [1.54, 1.807) is 10.8 Å². The molecule has 6 rings (SSSR count). The molecule has 0 saturated heterocycles. The van der Waals surface area contributed by atoms with Gasteiger partial charge in [-0.25, -0.2) is 4.98 Å². The Morgan fingerprint density at radius 3 is 2.62 bits per heavy atom. The van der Waals surface area contributed by atoms with Gasteiger partial charge in [0.2, 0.25) is 0 Å². The lowest BCUT2D eigenvalue weighted by atomic mass is 9.71. The molecule has 1 aromatic carbocycles. The molecule has 0 amide bonds. The van der Waals surface area contributed by atoms with E-state index in [-0.39, 0.29) is 11.1 Å². The SMILES string of the molecule is C=C/C=C(\C=C)C1(NCc2ccc3nc(Cn4ccc5c(-c6ccccc6)cncc5c4=O)cn3c2)CCC1. The maximum absolute atomic E-state index is 13.4. The molecule has 6 nitrogen and oxygen atoms in total. The molecule has 0 aliphatic heterocycles. The molecule has 1 fully saturated rings. The van der Waals surface area contributed by atoms with Crippen molar-refractivity contribution < 1.29 is 0 Å². The second-order valence-corrected chi connectivity index (χ2v) is 10.1. The molecule has 1 aliphatic rings. The van der Waals surface area contributed by atoms with Crippen LogP contribution in [0.1, 0.15) is 30.5 Å². The van der Waals surface area contributed by atoms with E-state index in [9.17, 15) is 4.79 Å². The first-order valence-electron chi connectivity index (χ1n) is 13.3. The first-order chi connectivity index (χ1) is 19.1. The van der Waals surface area contributed by atoms with Crippen molar-refractivity contribution in [1.29, 1.82) is 0 Å². The lowest BCUT2D eigenvalue weighted by molar-refractivity contribution is 0.232. The Hall–Kier alpha value is -4.55. The number of aromatic nitrogens is 4. The molecular formula is C33H31N5O. The van der Waals surface area contributed by atoms with E-state index in [0.717, 1.165) is 47.2 Å². The Morgan fingerprint density at radius 2 is 1.87 bits per heavy atom. The van der Waals surface area contributed by atoms with E-state index in [0.29, 0.717) is 11.9 Å². The largest absolute Gasteiger partial charge is 0.309 e. The predicted octanol–water partition coefficient (Wildman–Crippen LogP) is 6.07. The number of hydrogen-bond donors (Lipinski definition) is 1. The molecule has 194 valence electrons. The first-order valence-corrected chi connectivity index (χ1v) is 13.3. The van der Waals surface area contributed by atoms with Gasteiger partial charge in [0.15, 0.2) is 0 Å². The van der Waals surface area contributed by atoms with Crippen molar-refractivity contribution in [2.45, 2.75) is 37.9 Å². The highest BCUT2D eigenvalue weighted by atomic mass is 16.1. The molecule has 5 aromatic rings. The fourth-order valence-corrected chi connectivity index (χ4v) is 5.54. The topological polar surface area (TPSA) is 64.2 Å². The molecule has 1 saturated carbocycles. The Morgan fingerprint density at radius 1 is 1.03 bits per heavy atom. The smallest absolute Gasteiger partial charge is 0.260 e. The van der Waals surface area contributed by atoms with Crippen LogP contribution in [0.4, 0.5) is 0 Å². The monoisotopic (exact) mass is 513 g/mol. The third kappa shape index (κ3) is 4.64. The summed E-state index contributed by atoms with van der Waals surface area (Å²) in [4.78, 5) is 22.5. The predicted molar refractivity (Wildman–Crippen MR) is 158 cm³/mol. The van der Waals surface area contributed by atoms with Crippen LogP contribution in [0.15, 0.2) is 121 Å². The van der Waals surface area contributed by atoms with Gasteiger partial charge in [0.05, 0.1) is 17.6 Å². The molecule has 4 aromatic heterocycles. The van der Waals surface area contributed by atoms with Crippen LogP contribution in [-0.2, 0) is 13.1 Å². The van der Waals surface area contributed by atoms with Gasteiger partial charge in [0.25, 0.3) is 5.56 Å². The second-order valence-electron chi connectivity index (χ2n) is 10.1. The van der Waals surface area contributed by atoms with E-state index < -0.39 is 0 Å². The summed E-state index contributed by atoms with van der Waals surface area (Å²) in [5, 5.41) is 5.27. The van der Waals surface area contributed by atoms with Crippen molar-refractivity contribution in [1.82, 2.24) is 24.3 Å². The van der Waals surface area contributed by atoms with Crippen molar-refractivity contribution in [3.05, 3.63) is 138 Å². The molecule has 4 heterocycles. The number of allylic oxidation sites excluding steroid dienone is 2. The summed E-state index contributed by atoms with van der Waals surface area (Å²) in [6.45, 7) is 8.99. The number of pyridine rings is 3. The average molecular weight is 514 g/mol. The Labute approximate surface area is 227 Å². The summed E-state index contributed by atoms with van der Waals surface area (Å²) in [6, 6.07) is 16.2. The quantitative estimate of drug-likeness (QED) is 0.243. The van der Waals surface area contributed by atoms with Crippen LogP contribution >= 0.6 is 0 Å². The summed E-state index contributed by atoms with van der Waals surface area (Å²) >= 11 is 0. The molecular weight excluding hydrogens is 482 g/mol. The zero-order valence-corrected chi connectivity index (χ0v) is 21.9. The van der Waals surface area contributed by atoms with Crippen molar-refractivity contribution in [3.8, 4) is 11.1 Å². The number of hydrogen-bond acceptors (Lipinski definition) is 4. The first kappa shape index (κ1) is 24.8. The van der Waals surface area contributed by atoms with Crippen molar-refractivity contribution in [2.24, 2.45) is 0 Å². The van der Waals surface area contributed by atoms with Crippen LogP contribution < -0.4 is 10.9 Å². The van der Waals surface area contributed by atoms with Crippen molar-refractivity contribution >= 4 is 16.4 Å². The fraction of sp³-hybridized carbons (Fsp3) is 0.182. The fourth-order valence-electron chi connectivity index (χ4n) is 5.54. The van der Waals surface area contributed by atoms with Gasteiger partial charge in [-0.1, -0.05) is 67.8 Å². The van der Waals surface area contributed by atoms with E-state index in [1.807, 2.05) is 77.6 Å². The number of imidazole rings is 1. The molecule has 0 atom stereocenters. The number of nitrogens with zero attached hydrogens (tertiary/aromatic N) is 4. The minimum absolute atomic E-state index is 0.0303. The van der Waals surface area contributed by atoms with Gasteiger partial charge in [0.1, 0.15) is 5.65 Å². The Bertz CT molecular complexity index is 1770. The molecule has 0 radical (unpaired) electrons. The number of benzene rings is 1. The van der Waals surface area contributed by atoms with Gasteiger partial charge < -0.3 is 14.3 Å². The van der Waals surface area contributed by atoms with Crippen molar-refractivity contribution in [2.75, 3.05) is 0 Å². The Kier molecular flexibility index (Phi) is 6.55. The third-order valence-corrected chi connectivity index (χ3v) is 7.79. The van der Waals surface area contributed by atoms with E-state index >= 15 is 0 Å². The van der Waals surface area contributed by atoms with Crippen LogP contribution in [0.25, 0.3) is 27.5 Å². The summed E-state index contributed by atoms with van der Waals surface area (Å²) in [5.74, 6) is 0. The van der Waals surface area contributed by atoms with Gasteiger partial charge >= 0.3 is 0 Å². The summed E-state index contributed by atoms with van der Waals surface area (Å²) in [6.07, 6.45) is 18.6. The van der Waals surface area contributed by atoms with Gasteiger partial charge in [-0.2, -0.15) is 0 Å². The van der Waals surface area contributed by atoms with E-state index in [4.69, 9.17) is 4.98 Å². The molecule has 0 bridgehead atoms. The average Bonchev–Trinajstić information content (AvgIpc) is 3.35. The van der Waals surface area contributed by atoms with Crippen LogP contribution in [0.2, 0.25) is 0 Å². The van der Waals surface area contributed by atoms with Crippen LogP contribution in [0.3, 0.4) is 0 Å². The highest BCUT2D eigenvalue weighted by Crippen LogP contribution is 2.39. The van der Waals surface area contributed by atoms with E-state index in [1.165, 1.54) is 17.6 Å². The highest BCUT2D eigenvalue weighted by molar-refractivity contribution is 5.95. The molecule has 6 heteroatoms. The normalized spacial score (nSPS) is 14.8. The van der Waals surface area contributed by atoms with Crippen LogP contribution in [0, 0.1) is 0 Å². The lowest BCUT2D eigenvalue weighted by Gasteiger charge is -2.44. The molecule has 0 spiro atoms. The molecule has 1 aliphatic carbocycles. The number of rotatable bonds is 9. The minimum Gasteiger partial charge on any atom is -0.309 e. The standard InChI is InChI=1S/C33H31N5O/c1-3-9-26(4-2)33(15-8-16-33)35-18-24-12-13-31-36-27(23-38(31)21-24)22-37-17-14-28-29(25-10-6-5-7-11-25)19-34-20-30(28)32(37)39/h3-7,9-14,17,19-21,23,35H,1-2,8,15-16,18,22H2/b26-9+. The minimum atomic E-state index is -0.0730. The summed E-state index contributed by atoms with van der Waals surface area (Å²) < 4.78 is 3.74. The van der Waals surface area contributed by atoms with Crippen LogP contribution in [-0.4, -0.2) is 24.5 Å². The van der Waals surface area contributed by atoms with Gasteiger partial charge in [-0.05, 0) is 53.5 Å². The molecule has 39 heavy (non-hydrogen) atoms. The zero-order valence-electron chi connectivity index (χ0n) is 21.9. The summed E-state index contributed by atoms with van der Waals surface area (Å²) in [5.41, 5.74) is 5.94. The second kappa shape index (κ2) is 10.3. The Balaban J connectivity index is 1.24.